The number of ether oxygens (including phenoxy) is 1. The summed E-state index contributed by atoms with van der Waals surface area (Å²) in [6, 6.07) is 0. The second-order valence-electron chi connectivity index (χ2n) is 5.24. The van der Waals surface area contributed by atoms with Crippen LogP contribution in [0.3, 0.4) is 0 Å². The van der Waals surface area contributed by atoms with Crippen LogP contribution in [0.2, 0.25) is 0 Å². The van der Waals surface area contributed by atoms with E-state index in [1.165, 1.54) is 51.4 Å². The molecule has 0 atom stereocenters. The zero-order valence-corrected chi connectivity index (χ0v) is 13.6. The van der Waals surface area contributed by atoms with E-state index in [0.29, 0.717) is 0 Å². The Kier molecular flexibility index (Phi) is 19.6. The zero-order chi connectivity index (χ0) is 12.8. The van der Waals surface area contributed by atoms with E-state index in [0.717, 1.165) is 26.2 Å². The standard InChI is InChI=1S/C15H33NO.ClH/c1-4-5-6-7-8-9-10-11-14-17-15-12-13-16(2)3;/h4-15H2,1-3H3;1H. The molecule has 0 aliphatic heterocycles. The van der Waals surface area contributed by atoms with Crippen molar-refractivity contribution in [2.45, 2.75) is 64.7 Å². The van der Waals surface area contributed by atoms with Crippen LogP contribution in [-0.4, -0.2) is 38.8 Å². The van der Waals surface area contributed by atoms with E-state index < -0.39 is 0 Å². The summed E-state index contributed by atoms with van der Waals surface area (Å²) in [5.41, 5.74) is 0. The highest BCUT2D eigenvalue weighted by Crippen LogP contribution is 2.08. The minimum atomic E-state index is 0. The smallest absolute Gasteiger partial charge is 0.0478 e. The van der Waals surface area contributed by atoms with E-state index in [9.17, 15) is 0 Å². The molecule has 3 heteroatoms. The van der Waals surface area contributed by atoms with Crippen LogP contribution in [0.1, 0.15) is 64.7 Å². The van der Waals surface area contributed by atoms with Crippen LogP contribution in [-0.2, 0) is 4.74 Å². The van der Waals surface area contributed by atoms with Gasteiger partial charge in [-0.05, 0) is 33.5 Å². The Balaban J connectivity index is 0. The summed E-state index contributed by atoms with van der Waals surface area (Å²) in [4.78, 5) is 2.21. The highest BCUT2D eigenvalue weighted by Gasteiger charge is 1.93. The second-order valence-corrected chi connectivity index (χ2v) is 5.24. The summed E-state index contributed by atoms with van der Waals surface area (Å²) in [6.45, 7) is 5.29. The van der Waals surface area contributed by atoms with Crippen LogP contribution >= 0.6 is 12.4 Å². The molecule has 0 unspecified atom stereocenters. The lowest BCUT2D eigenvalue weighted by molar-refractivity contribution is 0.122. The fraction of sp³-hybridized carbons (Fsp3) is 1.00. The number of unbranched alkanes of at least 4 members (excludes halogenated alkanes) is 7. The van der Waals surface area contributed by atoms with Crippen molar-refractivity contribution in [3.8, 4) is 0 Å². The lowest BCUT2D eigenvalue weighted by Crippen LogP contribution is -2.14. The van der Waals surface area contributed by atoms with Gasteiger partial charge in [0.2, 0.25) is 0 Å². The van der Waals surface area contributed by atoms with Gasteiger partial charge in [-0.2, -0.15) is 0 Å². The molecular weight excluding hydrogens is 246 g/mol. The largest absolute Gasteiger partial charge is 0.381 e. The van der Waals surface area contributed by atoms with E-state index in [1.54, 1.807) is 0 Å². The van der Waals surface area contributed by atoms with E-state index in [2.05, 4.69) is 25.9 Å². The van der Waals surface area contributed by atoms with Gasteiger partial charge in [0.05, 0.1) is 0 Å². The Morgan fingerprint density at radius 2 is 1.22 bits per heavy atom. The van der Waals surface area contributed by atoms with Crippen molar-refractivity contribution in [3.05, 3.63) is 0 Å². The van der Waals surface area contributed by atoms with Crippen molar-refractivity contribution in [3.63, 3.8) is 0 Å². The van der Waals surface area contributed by atoms with Crippen LogP contribution in [0.15, 0.2) is 0 Å². The van der Waals surface area contributed by atoms with Gasteiger partial charge >= 0.3 is 0 Å². The molecular formula is C15H34ClNO. The summed E-state index contributed by atoms with van der Waals surface area (Å²) in [6.07, 6.45) is 12.2. The van der Waals surface area contributed by atoms with Gasteiger partial charge in [0.15, 0.2) is 0 Å². The maximum atomic E-state index is 5.60. The molecule has 18 heavy (non-hydrogen) atoms. The van der Waals surface area contributed by atoms with Gasteiger partial charge in [0.1, 0.15) is 0 Å². The van der Waals surface area contributed by atoms with Crippen LogP contribution in [0.5, 0.6) is 0 Å². The monoisotopic (exact) mass is 279 g/mol. The average Bonchev–Trinajstić information content (AvgIpc) is 2.30. The van der Waals surface area contributed by atoms with Gasteiger partial charge in [-0.15, -0.1) is 12.4 Å². The molecule has 0 saturated heterocycles. The van der Waals surface area contributed by atoms with Crippen LogP contribution < -0.4 is 0 Å². The predicted molar refractivity (Wildman–Crippen MR) is 83.8 cm³/mol. The maximum Gasteiger partial charge on any atom is 0.0478 e. The van der Waals surface area contributed by atoms with Crippen molar-refractivity contribution in [2.24, 2.45) is 0 Å². The molecule has 0 bridgehead atoms. The molecule has 0 N–H and O–H groups in total. The maximum absolute atomic E-state index is 5.60. The number of halogens is 1. The normalized spacial score (nSPS) is 10.7. The lowest BCUT2D eigenvalue weighted by atomic mass is 10.1. The summed E-state index contributed by atoms with van der Waals surface area (Å²) < 4.78 is 5.60. The highest BCUT2D eigenvalue weighted by atomic mass is 35.5. The van der Waals surface area contributed by atoms with Crippen molar-refractivity contribution in [1.82, 2.24) is 4.90 Å². The molecule has 112 valence electrons. The molecule has 0 fully saturated rings. The van der Waals surface area contributed by atoms with Crippen LogP contribution in [0, 0.1) is 0 Å². The van der Waals surface area contributed by atoms with Gasteiger partial charge in [-0.1, -0.05) is 51.9 Å². The number of hydrogen-bond acceptors (Lipinski definition) is 2. The van der Waals surface area contributed by atoms with E-state index in [-0.39, 0.29) is 12.4 Å². The Morgan fingerprint density at radius 1 is 0.722 bits per heavy atom. The molecule has 0 aliphatic carbocycles. The molecule has 0 saturated carbocycles. The molecule has 0 aromatic rings. The Morgan fingerprint density at radius 3 is 1.78 bits per heavy atom. The topological polar surface area (TPSA) is 12.5 Å². The van der Waals surface area contributed by atoms with Gasteiger partial charge in [0.25, 0.3) is 0 Å². The van der Waals surface area contributed by atoms with Gasteiger partial charge in [-0.3, -0.25) is 0 Å². The third kappa shape index (κ3) is 18.6. The second kappa shape index (κ2) is 17.2. The van der Waals surface area contributed by atoms with E-state index >= 15 is 0 Å². The van der Waals surface area contributed by atoms with Crippen molar-refractivity contribution >= 4 is 12.4 Å². The molecule has 2 nitrogen and oxygen atoms in total. The summed E-state index contributed by atoms with van der Waals surface area (Å²) >= 11 is 0. The van der Waals surface area contributed by atoms with Crippen molar-refractivity contribution in [2.75, 3.05) is 33.9 Å². The molecule has 0 radical (unpaired) electrons. The third-order valence-corrected chi connectivity index (χ3v) is 3.04. The molecule has 0 aliphatic rings. The minimum Gasteiger partial charge on any atom is -0.381 e. The van der Waals surface area contributed by atoms with Crippen LogP contribution in [0.4, 0.5) is 0 Å². The molecule has 0 heterocycles. The molecule has 0 spiro atoms. The van der Waals surface area contributed by atoms with Crippen molar-refractivity contribution in [1.29, 1.82) is 0 Å². The zero-order valence-electron chi connectivity index (χ0n) is 12.7. The number of nitrogens with zero attached hydrogens (tertiary/aromatic N) is 1. The summed E-state index contributed by atoms with van der Waals surface area (Å²) in [7, 11) is 4.22. The highest BCUT2D eigenvalue weighted by molar-refractivity contribution is 5.85. The Bertz CT molecular complexity index is 142. The molecule has 0 aromatic carbocycles. The molecule has 0 amide bonds. The Labute approximate surface area is 121 Å². The first-order valence-corrected chi connectivity index (χ1v) is 7.50. The van der Waals surface area contributed by atoms with Gasteiger partial charge < -0.3 is 9.64 Å². The number of rotatable bonds is 13. The first-order chi connectivity index (χ1) is 8.27. The predicted octanol–water partition coefficient (Wildman–Crippen LogP) is 4.52. The average molecular weight is 280 g/mol. The third-order valence-electron chi connectivity index (χ3n) is 3.04. The minimum absolute atomic E-state index is 0. The quantitative estimate of drug-likeness (QED) is 0.460. The summed E-state index contributed by atoms with van der Waals surface area (Å²) in [5.74, 6) is 0. The van der Waals surface area contributed by atoms with Crippen molar-refractivity contribution < 1.29 is 4.74 Å². The van der Waals surface area contributed by atoms with E-state index in [1.807, 2.05) is 0 Å². The molecule has 0 rings (SSSR count). The number of hydrogen-bond donors (Lipinski definition) is 0. The fourth-order valence-corrected chi connectivity index (χ4v) is 1.92. The van der Waals surface area contributed by atoms with Gasteiger partial charge in [-0.25, -0.2) is 0 Å². The Hall–Kier alpha value is 0.210. The fourth-order valence-electron chi connectivity index (χ4n) is 1.92. The van der Waals surface area contributed by atoms with E-state index in [4.69, 9.17) is 4.74 Å². The first-order valence-electron chi connectivity index (χ1n) is 7.50. The van der Waals surface area contributed by atoms with Crippen LogP contribution in [0.25, 0.3) is 0 Å². The molecule has 0 aromatic heterocycles. The lowest BCUT2D eigenvalue weighted by Gasteiger charge is -2.09. The van der Waals surface area contributed by atoms with Gasteiger partial charge in [0, 0.05) is 13.2 Å². The summed E-state index contributed by atoms with van der Waals surface area (Å²) in [5, 5.41) is 0. The first kappa shape index (κ1) is 20.5. The SMILES string of the molecule is CCCCCCCCCCOCCCN(C)C.Cl.